The van der Waals surface area contributed by atoms with Crippen LogP contribution in [-0.4, -0.2) is 105 Å². The van der Waals surface area contributed by atoms with Crippen LogP contribution < -0.4 is 26.6 Å². The van der Waals surface area contributed by atoms with Gasteiger partial charge in [0.05, 0.1) is 12.6 Å². The fourth-order valence-electron chi connectivity index (χ4n) is 7.74. The van der Waals surface area contributed by atoms with Gasteiger partial charge in [-0.3, -0.25) is 33.0 Å². The Bertz CT molecular complexity index is 2370. The smallest absolute Gasteiger partial charge is 0.300 e. The molecule has 0 radical (unpaired) electrons. The molecule has 1 saturated heterocycles. The minimum Gasteiger partial charge on any atom is -0.381 e. The third-order valence-corrected chi connectivity index (χ3v) is 12.7. The first kappa shape index (κ1) is 55.6. The predicted molar refractivity (Wildman–Crippen MR) is 256 cm³/mol. The average molecular weight is 976 g/mol. The Hall–Kier alpha value is -6.00. The Balaban J connectivity index is 1.55. The summed E-state index contributed by atoms with van der Waals surface area (Å²) in [6, 6.07) is 15.8. The lowest BCUT2D eigenvalue weighted by Crippen LogP contribution is -2.60. The molecule has 3 aromatic rings. The van der Waals surface area contributed by atoms with Crippen LogP contribution in [0.25, 0.3) is 0 Å². The lowest BCUT2D eigenvalue weighted by atomic mass is 9.90. The molecule has 0 bridgehead atoms. The van der Waals surface area contributed by atoms with Crippen molar-refractivity contribution in [2.24, 2.45) is 17.8 Å². The van der Waals surface area contributed by atoms with Gasteiger partial charge >= 0.3 is 0 Å². The summed E-state index contributed by atoms with van der Waals surface area (Å²) in [5, 5.41) is 25.0. The number of hydrogen-bond acceptors (Lipinski definition) is 11. The van der Waals surface area contributed by atoms with Gasteiger partial charge in [-0.05, 0) is 92.5 Å². The van der Waals surface area contributed by atoms with E-state index in [1.807, 2.05) is 44.2 Å². The Kier molecular flexibility index (Phi) is 21.5. The molecule has 1 fully saturated rings. The Morgan fingerprint density at radius 1 is 0.797 bits per heavy atom. The summed E-state index contributed by atoms with van der Waals surface area (Å²) in [6.45, 7) is 7.94. The van der Waals surface area contributed by atoms with Gasteiger partial charge in [-0.25, -0.2) is 4.39 Å². The molecule has 0 saturated carbocycles. The number of aliphatic hydroxyl groups is 1. The maximum atomic E-state index is 14.8. The summed E-state index contributed by atoms with van der Waals surface area (Å²) in [7, 11) is -5.02. The van der Waals surface area contributed by atoms with Crippen molar-refractivity contribution in [3.63, 3.8) is 0 Å². The number of amides is 5. The molecule has 6 N–H and O–H groups in total. The Morgan fingerprint density at radius 3 is 1.96 bits per heavy atom. The van der Waals surface area contributed by atoms with Crippen LogP contribution in [0.2, 0.25) is 0 Å². The van der Waals surface area contributed by atoms with E-state index in [0.717, 1.165) is 43.5 Å². The van der Waals surface area contributed by atoms with Gasteiger partial charge in [0, 0.05) is 31.6 Å². The number of ketones is 1. The second-order valence-corrected chi connectivity index (χ2v) is 20.0. The van der Waals surface area contributed by atoms with Crippen molar-refractivity contribution in [3.05, 3.63) is 101 Å². The second kappa shape index (κ2) is 26.7. The van der Waals surface area contributed by atoms with E-state index in [4.69, 9.17) is 15.3 Å². The SMILES string of the molecule is C#CCNC(=O)c1ccc(F)c(S(=O)(=O)OC[C@@](C)(O)C(=O)[C@H](CC(C)C)NC(=O)[C@H](Cc2ccccc2)NC(=O)[C@H](CC(C)C)NC(=O)[C@H](CCc2ccccc2)NC(=O)CC2CCOCC2)c1. The molecule has 16 nitrogen and oxygen atoms in total. The molecule has 0 spiro atoms. The van der Waals surface area contributed by atoms with Gasteiger partial charge < -0.3 is 36.4 Å². The summed E-state index contributed by atoms with van der Waals surface area (Å²) in [5.41, 5.74) is -1.24. The number of terminal acetylenes is 1. The molecule has 5 atom stereocenters. The molecular weight excluding hydrogens is 910 g/mol. The van der Waals surface area contributed by atoms with E-state index < -0.39 is 86.6 Å². The largest absolute Gasteiger partial charge is 0.381 e. The fraction of sp³-hybridized carbons (Fsp3) is 0.490. The van der Waals surface area contributed by atoms with Crippen LogP contribution in [0.5, 0.6) is 0 Å². The van der Waals surface area contributed by atoms with E-state index in [2.05, 4.69) is 32.5 Å². The van der Waals surface area contributed by atoms with Crippen LogP contribution in [0.15, 0.2) is 83.8 Å². The first-order valence-corrected chi connectivity index (χ1v) is 24.6. The standard InChI is InChI=1S/C51H66FN5O11S/c1-7-24-53-47(60)38-19-20-39(52)44(31-38)69(65,66)68-32-51(6,64)46(59)41(27-33(2)3)55-50(63)43(29-36-16-12-9-13-17-36)57-49(62)42(28-34(4)5)56-48(61)40(21-18-35-14-10-8-11-15-35)54-45(58)30-37-22-25-67-26-23-37/h1,8-17,19-20,31,33-34,37,40-43,64H,18,21-30,32H2,2-6H3,(H,53,60)(H,54,58)(H,55,63)(H,56,61)(H,57,62)/t40-,41-,42-,43-,51+/m0/s1. The van der Waals surface area contributed by atoms with E-state index in [-0.39, 0.29) is 67.9 Å². The van der Waals surface area contributed by atoms with Crippen molar-refractivity contribution in [1.82, 2.24) is 26.6 Å². The maximum absolute atomic E-state index is 14.8. The molecule has 1 aliphatic rings. The molecule has 69 heavy (non-hydrogen) atoms. The van der Waals surface area contributed by atoms with Gasteiger partial charge in [0.25, 0.3) is 16.0 Å². The second-order valence-electron chi connectivity index (χ2n) is 18.4. The fourth-order valence-corrected chi connectivity index (χ4v) is 8.83. The average Bonchev–Trinajstić information content (AvgIpc) is 3.31. The highest BCUT2D eigenvalue weighted by Gasteiger charge is 2.41. The molecule has 18 heteroatoms. The zero-order valence-corrected chi connectivity index (χ0v) is 40.7. The first-order valence-electron chi connectivity index (χ1n) is 23.2. The molecule has 4 rings (SSSR count). The van der Waals surface area contributed by atoms with E-state index >= 15 is 0 Å². The zero-order valence-electron chi connectivity index (χ0n) is 39.9. The molecular formula is C51H66FN5O11S. The van der Waals surface area contributed by atoms with Crippen molar-refractivity contribution in [2.45, 2.75) is 121 Å². The first-order chi connectivity index (χ1) is 32.7. The van der Waals surface area contributed by atoms with E-state index in [0.29, 0.717) is 25.2 Å². The van der Waals surface area contributed by atoms with Gasteiger partial charge in [-0.15, -0.1) is 6.42 Å². The number of halogens is 1. The number of aryl methyl sites for hydroxylation is 1. The monoisotopic (exact) mass is 975 g/mol. The summed E-state index contributed by atoms with van der Waals surface area (Å²) in [4.78, 5) is 81.7. The molecule has 1 heterocycles. The number of ether oxygens (including phenoxy) is 1. The van der Waals surface area contributed by atoms with Crippen molar-refractivity contribution in [3.8, 4) is 12.3 Å². The van der Waals surface area contributed by atoms with Crippen molar-refractivity contribution in [1.29, 1.82) is 0 Å². The highest BCUT2D eigenvalue weighted by atomic mass is 32.2. The predicted octanol–water partition coefficient (Wildman–Crippen LogP) is 3.94. The van der Waals surface area contributed by atoms with Crippen molar-refractivity contribution >= 4 is 45.4 Å². The number of Topliss-reactive ketones (excluding diaryl/α,β-unsaturated/α-hetero) is 1. The Morgan fingerprint density at radius 2 is 1.35 bits per heavy atom. The summed E-state index contributed by atoms with van der Waals surface area (Å²) >= 11 is 0. The third kappa shape index (κ3) is 18.1. The number of carbonyl (C=O) groups excluding carboxylic acids is 6. The minimum atomic E-state index is -5.02. The number of rotatable bonds is 26. The zero-order chi connectivity index (χ0) is 50.7. The summed E-state index contributed by atoms with van der Waals surface area (Å²) in [6.07, 6.45) is 7.60. The van der Waals surface area contributed by atoms with Gasteiger partial charge in [0.1, 0.15) is 41.0 Å². The van der Waals surface area contributed by atoms with Crippen LogP contribution in [0.4, 0.5) is 4.39 Å². The molecule has 374 valence electrons. The lowest BCUT2D eigenvalue weighted by molar-refractivity contribution is -0.143. The lowest BCUT2D eigenvalue weighted by Gasteiger charge is -2.30. The molecule has 5 amide bonds. The normalized spacial score (nSPS) is 15.7. The van der Waals surface area contributed by atoms with Crippen LogP contribution in [0.1, 0.15) is 94.6 Å². The Labute approximate surface area is 404 Å². The van der Waals surface area contributed by atoms with Gasteiger partial charge in [-0.2, -0.15) is 8.42 Å². The topological polar surface area (TPSA) is 235 Å². The number of hydrogen-bond donors (Lipinski definition) is 6. The summed E-state index contributed by atoms with van der Waals surface area (Å²) in [5.74, 6) is -3.58. The highest BCUT2D eigenvalue weighted by molar-refractivity contribution is 7.86. The molecule has 1 aliphatic heterocycles. The molecule has 0 aliphatic carbocycles. The minimum absolute atomic E-state index is 0.0421. The third-order valence-electron chi connectivity index (χ3n) is 11.5. The van der Waals surface area contributed by atoms with Crippen LogP contribution in [-0.2, 0) is 55.9 Å². The van der Waals surface area contributed by atoms with Crippen LogP contribution >= 0.6 is 0 Å². The summed E-state index contributed by atoms with van der Waals surface area (Å²) < 4.78 is 51.8. The number of benzene rings is 3. The van der Waals surface area contributed by atoms with Gasteiger partial charge in [-0.1, -0.05) is 94.3 Å². The highest BCUT2D eigenvalue weighted by Crippen LogP contribution is 2.23. The molecule has 0 unspecified atom stereocenters. The van der Waals surface area contributed by atoms with Crippen molar-refractivity contribution < 1.29 is 55.6 Å². The van der Waals surface area contributed by atoms with Crippen LogP contribution in [0, 0.1) is 35.9 Å². The van der Waals surface area contributed by atoms with E-state index in [9.17, 15) is 46.7 Å². The van der Waals surface area contributed by atoms with Gasteiger partial charge in [0.15, 0.2) is 5.78 Å². The van der Waals surface area contributed by atoms with E-state index in [1.54, 1.807) is 44.2 Å². The van der Waals surface area contributed by atoms with Crippen molar-refractivity contribution in [2.75, 3.05) is 26.4 Å². The maximum Gasteiger partial charge on any atom is 0.300 e. The number of carbonyl (C=O) groups is 6. The van der Waals surface area contributed by atoms with Gasteiger partial charge in [0.2, 0.25) is 23.6 Å². The van der Waals surface area contributed by atoms with Crippen LogP contribution in [0.3, 0.4) is 0 Å². The number of nitrogens with one attached hydrogen (secondary N) is 5. The molecule has 0 aromatic heterocycles. The quantitative estimate of drug-likeness (QED) is 0.0498. The van der Waals surface area contributed by atoms with E-state index in [1.165, 1.54) is 0 Å². The molecule has 3 aromatic carbocycles.